The molecule has 1 unspecified atom stereocenters. The molecule has 5 heterocycles. The second kappa shape index (κ2) is 16.3. The van der Waals surface area contributed by atoms with Crippen molar-refractivity contribution in [1.82, 2.24) is 30.1 Å². The van der Waals surface area contributed by atoms with Crippen LogP contribution in [0.15, 0.2) is 72.9 Å². The molecular weight excluding hydrogens is 716 g/mol. The summed E-state index contributed by atoms with van der Waals surface area (Å²) in [6, 6.07) is 19.5. The van der Waals surface area contributed by atoms with Crippen molar-refractivity contribution >= 4 is 40.4 Å². The predicted molar refractivity (Wildman–Crippen MR) is 204 cm³/mol. The number of nitrogens with one attached hydrogen (secondary N) is 2. The van der Waals surface area contributed by atoms with Crippen LogP contribution in [-0.4, -0.2) is 105 Å². The molecule has 0 saturated carbocycles. The average Bonchev–Trinajstić information content (AvgIpc) is 3.72. The number of carbonyl (C=O) groups is 5. The van der Waals surface area contributed by atoms with Crippen molar-refractivity contribution in [1.29, 1.82) is 0 Å². The third kappa shape index (κ3) is 8.04. The summed E-state index contributed by atoms with van der Waals surface area (Å²) in [5.41, 5.74) is 4.69. The van der Waals surface area contributed by atoms with Crippen LogP contribution in [0, 0.1) is 5.92 Å². The normalized spacial score (nSPS) is 20.0. The highest BCUT2D eigenvalue weighted by Gasteiger charge is 2.44. The van der Waals surface area contributed by atoms with Crippen molar-refractivity contribution in [3.63, 3.8) is 0 Å². The highest BCUT2D eigenvalue weighted by molar-refractivity contribution is 6.23. The van der Waals surface area contributed by atoms with Gasteiger partial charge in [-0.3, -0.25) is 44.3 Å². The van der Waals surface area contributed by atoms with E-state index in [0.29, 0.717) is 30.4 Å². The van der Waals surface area contributed by atoms with Crippen LogP contribution >= 0.6 is 0 Å². The average molecular weight is 763 g/mol. The van der Waals surface area contributed by atoms with Gasteiger partial charge in [0.25, 0.3) is 17.7 Å². The van der Waals surface area contributed by atoms with Gasteiger partial charge in [-0.1, -0.05) is 18.2 Å². The fourth-order valence-electron chi connectivity index (χ4n) is 8.46. The van der Waals surface area contributed by atoms with Crippen LogP contribution in [0.1, 0.15) is 75.2 Å². The zero-order valence-corrected chi connectivity index (χ0v) is 31.2. The molecule has 0 aliphatic carbocycles. The highest BCUT2D eigenvalue weighted by atomic mass is 16.5. The van der Waals surface area contributed by atoms with E-state index in [1.165, 1.54) is 5.56 Å². The van der Waals surface area contributed by atoms with Crippen molar-refractivity contribution in [2.75, 3.05) is 39.3 Å². The lowest BCUT2D eigenvalue weighted by Crippen LogP contribution is -2.54. The first kappa shape index (κ1) is 37.4. The molecule has 0 bridgehead atoms. The third-order valence-electron chi connectivity index (χ3n) is 11.5. The number of nitrogens with zero attached hydrogens (tertiary/aromatic N) is 4. The first-order chi connectivity index (χ1) is 27.2. The molecular formula is C42H46N6O8. The lowest BCUT2D eigenvalue weighted by molar-refractivity contribution is -0.136. The van der Waals surface area contributed by atoms with Gasteiger partial charge in [0, 0.05) is 49.9 Å². The van der Waals surface area contributed by atoms with Crippen LogP contribution in [0.4, 0.5) is 0 Å². The number of imide groups is 2. The summed E-state index contributed by atoms with van der Waals surface area (Å²) in [6.45, 7) is 7.01. The van der Waals surface area contributed by atoms with Crippen molar-refractivity contribution in [2.24, 2.45) is 5.92 Å². The summed E-state index contributed by atoms with van der Waals surface area (Å²) in [4.78, 5) is 68.1. The van der Waals surface area contributed by atoms with E-state index in [-0.39, 0.29) is 30.1 Å². The molecule has 3 aromatic carbocycles. The molecule has 3 fully saturated rings. The summed E-state index contributed by atoms with van der Waals surface area (Å²) < 4.78 is 14.5. The van der Waals surface area contributed by atoms with Gasteiger partial charge in [-0.05, 0) is 111 Å². The summed E-state index contributed by atoms with van der Waals surface area (Å²) in [6.07, 6.45) is 6.23. The van der Waals surface area contributed by atoms with Gasteiger partial charge in [0.05, 0.1) is 17.7 Å². The van der Waals surface area contributed by atoms with Crippen LogP contribution < -0.4 is 20.3 Å². The number of amides is 5. The monoisotopic (exact) mass is 762 g/mol. The fourth-order valence-corrected chi connectivity index (χ4v) is 8.46. The van der Waals surface area contributed by atoms with Crippen molar-refractivity contribution < 1.29 is 38.7 Å². The van der Waals surface area contributed by atoms with E-state index in [2.05, 4.69) is 27.2 Å². The second-order valence-electron chi connectivity index (χ2n) is 15.2. The molecule has 5 amide bonds. The van der Waals surface area contributed by atoms with E-state index in [4.69, 9.17) is 14.7 Å². The molecule has 3 N–H and O–H groups in total. The SMILES string of the molecule is O=C1CCC(N2C(=O)c3ccc(OC4CCN(CC5CCN(Cc6cccc(OCCn7ccc8ccc(C(=O)NO)cc87)c6)CC5)CC4)cc3C2=O)C(=O)N1. The Morgan fingerprint density at radius 1 is 0.821 bits per heavy atom. The zero-order chi connectivity index (χ0) is 38.8. The molecule has 0 spiro atoms. The maximum atomic E-state index is 13.2. The summed E-state index contributed by atoms with van der Waals surface area (Å²) in [5.74, 6) is -0.600. The lowest BCUT2D eigenvalue weighted by Gasteiger charge is -2.37. The van der Waals surface area contributed by atoms with Gasteiger partial charge in [-0.15, -0.1) is 0 Å². The summed E-state index contributed by atoms with van der Waals surface area (Å²) in [7, 11) is 0. The van der Waals surface area contributed by atoms with Crippen molar-refractivity contribution in [3.05, 3.63) is 95.2 Å². The van der Waals surface area contributed by atoms with E-state index in [9.17, 15) is 24.0 Å². The van der Waals surface area contributed by atoms with Crippen LogP contribution in [0.25, 0.3) is 10.9 Å². The Balaban J connectivity index is 0.755. The Bertz CT molecular complexity index is 2150. The first-order valence-corrected chi connectivity index (χ1v) is 19.4. The number of hydrogen-bond acceptors (Lipinski definition) is 10. The first-order valence-electron chi connectivity index (χ1n) is 19.4. The Morgan fingerprint density at radius 2 is 1.61 bits per heavy atom. The van der Waals surface area contributed by atoms with Crippen LogP contribution in [0.2, 0.25) is 0 Å². The van der Waals surface area contributed by atoms with E-state index in [1.807, 2.05) is 35.0 Å². The third-order valence-corrected chi connectivity index (χ3v) is 11.5. The van der Waals surface area contributed by atoms with Gasteiger partial charge in [0.2, 0.25) is 11.8 Å². The predicted octanol–water partition coefficient (Wildman–Crippen LogP) is 4.00. The highest BCUT2D eigenvalue weighted by Crippen LogP contribution is 2.32. The Kier molecular flexibility index (Phi) is 10.9. The standard InChI is InChI=1S/C42H46N6O8/c49-38-9-8-36(40(51)43-38)48-41(52)34-7-6-33(24-35(34)42(48)53)56-31-13-17-46(18-14-31)25-27-10-15-45(16-11-27)26-28-2-1-3-32(22-28)55-21-20-47-19-12-29-4-5-30(23-37(29)47)39(50)44-54/h1-7,12,19,22-24,27,31,36,54H,8-11,13-18,20-21,25-26H2,(H,44,50)(H,43,49,51). The van der Waals surface area contributed by atoms with E-state index < -0.39 is 35.6 Å². The number of fused-ring (bicyclic) bond motifs is 2. The molecule has 1 aromatic heterocycles. The van der Waals surface area contributed by atoms with E-state index >= 15 is 0 Å². The van der Waals surface area contributed by atoms with Gasteiger partial charge in [0.1, 0.15) is 30.3 Å². The number of hydrogen-bond donors (Lipinski definition) is 3. The molecule has 8 rings (SSSR count). The summed E-state index contributed by atoms with van der Waals surface area (Å²) in [5, 5.41) is 12.2. The Morgan fingerprint density at radius 3 is 2.39 bits per heavy atom. The van der Waals surface area contributed by atoms with Gasteiger partial charge >= 0.3 is 0 Å². The molecule has 3 saturated heterocycles. The molecule has 4 aliphatic rings. The van der Waals surface area contributed by atoms with Crippen LogP contribution in [-0.2, 0) is 22.7 Å². The number of hydroxylamine groups is 1. The van der Waals surface area contributed by atoms with Gasteiger partial charge in [0.15, 0.2) is 0 Å². The number of benzene rings is 3. The molecule has 0 radical (unpaired) electrons. The van der Waals surface area contributed by atoms with Crippen molar-refractivity contribution in [2.45, 2.75) is 63.8 Å². The topological polar surface area (TPSA) is 163 Å². The fraction of sp³-hybridized carbons (Fsp3) is 0.405. The van der Waals surface area contributed by atoms with Crippen LogP contribution in [0.3, 0.4) is 0 Å². The smallest absolute Gasteiger partial charge is 0.274 e. The zero-order valence-electron chi connectivity index (χ0n) is 31.2. The summed E-state index contributed by atoms with van der Waals surface area (Å²) >= 11 is 0. The molecule has 14 heteroatoms. The molecule has 292 valence electrons. The maximum absolute atomic E-state index is 13.2. The molecule has 4 aliphatic heterocycles. The minimum absolute atomic E-state index is 0.00779. The minimum atomic E-state index is -0.989. The number of aromatic nitrogens is 1. The lowest BCUT2D eigenvalue weighted by atomic mass is 9.94. The molecule has 14 nitrogen and oxygen atoms in total. The quantitative estimate of drug-likeness (QED) is 0.109. The molecule has 1 atom stereocenters. The number of ether oxygens (including phenoxy) is 2. The Labute approximate surface area is 324 Å². The van der Waals surface area contributed by atoms with Gasteiger partial charge in [-0.2, -0.15) is 0 Å². The number of likely N-dealkylation sites (tertiary alicyclic amines) is 2. The Hall–Kier alpha value is -5.57. The van der Waals surface area contributed by atoms with Gasteiger partial charge in [-0.25, -0.2) is 5.48 Å². The van der Waals surface area contributed by atoms with E-state index in [0.717, 1.165) is 86.5 Å². The minimum Gasteiger partial charge on any atom is -0.492 e. The van der Waals surface area contributed by atoms with Crippen molar-refractivity contribution in [3.8, 4) is 11.5 Å². The number of rotatable bonds is 12. The number of carbonyl (C=O) groups excluding carboxylic acids is 5. The molecule has 56 heavy (non-hydrogen) atoms. The van der Waals surface area contributed by atoms with Crippen LogP contribution in [0.5, 0.6) is 11.5 Å². The second-order valence-corrected chi connectivity index (χ2v) is 15.2. The largest absolute Gasteiger partial charge is 0.492 e. The number of piperidine rings is 3. The maximum Gasteiger partial charge on any atom is 0.274 e. The van der Waals surface area contributed by atoms with Gasteiger partial charge < -0.3 is 18.9 Å². The van der Waals surface area contributed by atoms with E-state index in [1.54, 1.807) is 35.8 Å². The molecule has 4 aromatic rings.